The third kappa shape index (κ3) is 3.52. The average Bonchev–Trinajstić information content (AvgIpc) is 2.41. The van der Waals surface area contributed by atoms with E-state index in [1.54, 1.807) is 0 Å². The molecule has 1 nitrogen and oxygen atoms in total. The highest BCUT2D eigenvalue weighted by molar-refractivity contribution is 9.11. The minimum atomic E-state index is -5.47. The molecule has 0 saturated heterocycles. The standard InChI is InChI=1S/C8H5BrClF6NS/c9-6-2(10)1-3(18-6)4(17)5(7(11,12)13)8(14,15)16/h1,4-5H,17H2. The third-order valence-electron chi connectivity index (χ3n) is 2.06. The highest BCUT2D eigenvalue weighted by Crippen LogP contribution is 2.47. The second kappa shape index (κ2) is 5.18. The van der Waals surface area contributed by atoms with Crippen molar-refractivity contribution in [3.63, 3.8) is 0 Å². The molecule has 0 saturated carbocycles. The van der Waals surface area contributed by atoms with Gasteiger partial charge in [0.25, 0.3) is 0 Å². The summed E-state index contributed by atoms with van der Waals surface area (Å²) < 4.78 is 74.8. The number of halogens is 8. The highest BCUT2D eigenvalue weighted by atomic mass is 79.9. The van der Waals surface area contributed by atoms with E-state index < -0.39 is 24.3 Å². The first-order chi connectivity index (χ1) is 7.94. The van der Waals surface area contributed by atoms with Crippen molar-refractivity contribution in [2.24, 2.45) is 11.7 Å². The van der Waals surface area contributed by atoms with Crippen LogP contribution in [-0.4, -0.2) is 12.4 Å². The summed E-state index contributed by atoms with van der Waals surface area (Å²) in [5.74, 6) is -3.62. The van der Waals surface area contributed by atoms with Gasteiger partial charge in [0.05, 0.1) is 14.9 Å². The van der Waals surface area contributed by atoms with Crippen molar-refractivity contribution < 1.29 is 26.3 Å². The quantitative estimate of drug-likeness (QED) is 0.730. The van der Waals surface area contributed by atoms with Gasteiger partial charge in [0, 0.05) is 4.88 Å². The van der Waals surface area contributed by atoms with Crippen LogP contribution in [0.2, 0.25) is 5.02 Å². The molecule has 0 aliphatic heterocycles. The molecule has 2 N–H and O–H groups in total. The van der Waals surface area contributed by atoms with Crippen molar-refractivity contribution in [3.8, 4) is 0 Å². The zero-order valence-electron chi connectivity index (χ0n) is 8.24. The van der Waals surface area contributed by atoms with Gasteiger partial charge >= 0.3 is 12.4 Å². The lowest BCUT2D eigenvalue weighted by atomic mass is 9.98. The van der Waals surface area contributed by atoms with Gasteiger partial charge in [0.2, 0.25) is 0 Å². The SMILES string of the molecule is NC(c1cc(Cl)c(Br)s1)C(C(F)(F)F)C(F)(F)F. The number of nitrogens with two attached hydrogens (primary N) is 1. The first kappa shape index (κ1) is 16.1. The Labute approximate surface area is 115 Å². The third-order valence-corrected chi connectivity index (χ3v) is 4.63. The van der Waals surface area contributed by atoms with Crippen LogP contribution in [0.15, 0.2) is 9.85 Å². The van der Waals surface area contributed by atoms with Crippen molar-refractivity contribution in [3.05, 3.63) is 19.8 Å². The first-order valence-corrected chi connectivity index (χ1v) is 6.27. The average molecular weight is 377 g/mol. The molecular formula is C8H5BrClF6NS. The molecule has 1 aromatic rings. The van der Waals surface area contributed by atoms with Crippen LogP contribution in [0.1, 0.15) is 10.9 Å². The highest BCUT2D eigenvalue weighted by Gasteiger charge is 2.60. The fourth-order valence-electron chi connectivity index (χ4n) is 1.28. The maximum absolute atomic E-state index is 12.4. The van der Waals surface area contributed by atoms with Crippen LogP contribution in [0, 0.1) is 5.92 Å². The molecule has 104 valence electrons. The predicted octanol–water partition coefficient (Wildman–Crippen LogP) is 4.90. The Kier molecular flexibility index (Phi) is 4.62. The van der Waals surface area contributed by atoms with Crippen molar-refractivity contribution in [1.29, 1.82) is 0 Å². The van der Waals surface area contributed by atoms with Gasteiger partial charge in [-0.05, 0) is 22.0 Å². The van der Waals surface area contributed by atoms with Gasteiger partial charge in [0.1, 0.15) is 0 Å². The summed E-state index contributed by atoms with van der Waals surface area (Å²) in [6, 6.07) is -1.25. The lowest BCUT2D eigenvalue weighted by molar-refractivity contribution is -0.290. The van der Waals surface area contributed by atoms with E-state index in [0.717, 1.165) is 6.07 Å². The fraction of sp³-hybridized carbons (Fsp3) is 0.500. The predicted molar refractivity (Wildman–Crippen MR) is 59.6 cm³/mol. The lowest BCUT2D eigenvalue weighted by Gasteiger charge is -2.27. The van der Waals surface area contributed by atoms with Crippen LogP contribution in [0.3, 0.4) is 0 Å². The number of rotatable bonds is 2. The van der Waals surface area contributed by atoms with E-state index in [1.807, 2.05) is 0 Å². The molecule has 0 aliphatic rings. The van der Waals surface area contributed by atoms with Gasteiger partial charge < -0.3 is 5.73 Å². The van der Waals surface area contributed by atoms with Crippen molar-refractivity contribution >= 4 is 38.9 Å². The molecule has 0 aromatic carbocycles. The first-order valence-electron chi connectivity index (χ1n) is 4.28. The Hall–Kier alpha value is 0.01000. The summed E-state index contributed by atoms with van der Waals surface area (Å²) in [4.78, 5) is -0.286. The smallest absolute Gasteiger partial charge is 0.322 e. The molecule has 1 heterocycles. The van der Waals surface area contributed by atoms with Gasteiger partial charge in [-0.25, -0.2) is 0 Å². The number of hydrogen-bond donors (Lipinski definition) is 1. The van der Waals surface area contributed by atoms with Gasteiger partial charge in [0.15, 0.2) is 5.92 Å². The summed E-state index contributed by atoms with van der Waals surface area (Å²) in [5.41, 5.74) is 5.08. The molecule has 0 spiro atoms. The topological polar surface area (TPSA) is 26.0 Å². The van der Waals surface area contributed by atoms with Crippen molar-refractivity contribution in [1.82, 2.24) is 0 Å². The molecule has 0 radical (unpaired) electrons. The maximum atomic E-state index is 12.4. The molecule has 0 bridgehead atoms. The molecule has 18 heavy (non-hydrogen) atoms. The Morgan fingerprint density at radius 2 is 1.61 bits per heavy atom. The minimum absolute atomic E-state index is 0.0218. The second-order valence-electron chi connectivity index (χ2n) is 3.36. The summed E-state index contributed by atoms with van der Waals surface area (Å²) in [6.45, 7) is 0. The van der Waals surface area contributed by atoms with Crippen molar-refractivity contribution in [2.75, 3.05) is 0 Å². The number of thiophene rings is 1. The van der Waals surface area contributed by atoms with Crippen LogP contribution < -0.4 is 5.73 Å². The zero-order valence-corrected chi connectivity index (χ0v) is 11.4. The number of hydrogen-bond acceptors (Lipinski definition) is 2. The van der Waals surface area contributed by atoms with Crippen LogP contribution in [0.5, 0.6) is 0 Å². The Balaban J connectivity index is 3.15. The summed E-state index contributed by atoms with van der Waals surface area (Å²) in [7, 11) is 0. The molecule has 1 rings (SSSR count). The van der Waals surface area contributed by atoms with Gasteiger partial charge in [-0.15, -0.1) is 11.3 Å². The van der Waals surface area contributed by atoms with Crippen molar-refractivity contribution in [2.45, 2.75) is 18.4 Å². The molecule has 1 unspecified atom stereocenters. The Morgan fingerprint density at radius 1 is 1.17 bits per heavy atom. The molecular weight excluding hydrogens is 372 g/mol. The van der Waals surface area contributed by atoms with E-state index in [4.69, 9.17) is 17.3 Å². The number of alkyl halides is 6. The van der Waals surface area contributed by atoms with Crippen LogP contribution in [0.25, 0.3) is 0 Å². The van der Waals surface area contributed by atoms with E-state index in [0.29, 0.717) is 11.3 Å². The molecule has 0 amide bonds. The monoisotopic (exact) mass is 375 g/mol. The maximum Gasteiger partial charge on any atom is 0.402 e. The Bertz CT molecular complexity index is 395. The van der Waals surface area contributed by atoms with Crippen LogP contribution >= 0.6 is 38.9 Å². The fourth-order valence-corrected chi connectivity index (χ4v) is 3.07. The summed E-state index contributed by atoms with van der Waals surface area (Å²) >= 11 is 9.10. The van der Waals surface area contributed by atoms with E-state index in [9.17, 15) is 26.3 Å². The molecule has 0 aliphatic carbocycles. The molecule has 1 aromatic heterocycles. The Morgan fingerprint density at radius 3 is 1.89 bits per heavy atom. The largest absolute Gasteiger partial charge is 0.402 e. The van der Waals surface area contributed by atoms with Crippen LogP contribution in [-0.2, 0) is 0 Å². The molecule has 1 atom stereocenters. The zero-order chi connectivity index (χ0) is 14.3. The van der Waals surface area contributed by atoms with Crippen LogP contribution in [0.4, 0.5) is 26.3 Å². The van der Waals surface area contributed by atoms with Gasteiger partial charge in [-0.1, -0.05) is 11.6 Å². The molecule has 10 heteroatoms. The summed E-state index contributed by atoms with van der Waals surface area (Å²) in [5, 5.41) is 0.0218. The molecule has 0 fully saturated rings. The van der Waals surface area contributed by atoms with E-state index in [1.165, 1.54) is 0 Å². The lowest BCUT2D eigenvalue weighted by Crippen LogP contribution is -2.43. The minimum Gasteiger partial charge on any atom is -0.322 e. The van der Waals surface area contributed by atoms with E-state index in [2.05, 4.69) is 15.9 Å². The van der Waals surface area contributed by atoms with E-state index in [-0.39, 0.29) is 13.7 Å². The van der Waals surface area contributed by atoms with E-state index >= 15 is 0 Å². The van der Waals surface area contributed by atoms with Gasteiger partial charge in [-0.3, -0.25) is 0 Å². The summed E-state index contributed by atoms with van der Waals surface area (Å²) in [6.07, 6.45) is -10.9. The second-order valence-corrected chi connectivity index (χ2v) is 6.17. The van der Waals surface area contributed by atoms with Gasteiger partial charge in [-0.2, -0.15) is 26.3 Å². The normalized spacial score (nSPS) is 15.2.